The van der Waals surface area contributed by atoms with Crippen molar-refractivity contribution in [1.29, 1.82) is 0 Å². The molecule has 2 aliphatic rings. The van der Waals surface area contributed by atoms with Crippen LogP contribution in [-0.2, 0) is 0 Å². The molecular formula is C16H22N2. The molecule has 2 heteroatoms. The van der Waals surface area contributed by atoms with Crippen LogP contribution in [0.2, 0.25) is 0 Å². The van der Waals surface area contributed by atoms with E-state index in [0.29, 0.717) is 6.04 Å². The van der Waals surface area contributed by atoms with Gasteiger partial charge in [0.15, 0.2) is 0 Å². The van der Waals surface area contributed by atoms with Gasteiger partial charge >= 0.3 is 0 Å². The Kier molecular flexibility index (Phi) is 2.81. The van der Waals surface area contributed by atoms with Crippen LogP contribution in [0.5, 0.6) is 0 Å². The molecule has 3 atom stereocenters. The number of hydrogen-bond donors (Lipinski definition) is 1. The number of aryl methyl sites for hydroxylation is 1. The highest BCUT2D eigenvalue weighted by molar-refractivity contribution is 5.62. The zero-order chi connectivity index (χ0) is 12.7. The fourth-order valence-corrected chi connectivity index (χ4v) is 3.28. The van der Waals surface area contributed by atoms with E-state index in [4.69, 9.17) is 0 Å². The van der Waals surface area contributed by atoms with E-state index < -0.39 is 0 Å². The van der Waals surface area contributed by atoms with E-state index in [1.54, 1.807) is 0 Å². The Morgan fingerprint density at radius 3 is 2.83 bits per heavy atom. The number of benzene rings is 1. The molecule has 96 valence electrons. The molecule has 0 aliphatic heterocycles. The van der Waals surface area contributed by atoms with Gasteiger partial charge in [0.2, 0.25) is 0 Å². The molecule has 2 aliphatic carbocycles. The predicted molar refractivity (Wildman–Crippen MR) is 78.3 cm³/mol. The van der Waals surface area contributed by atoms with Crippen molar-refractivity contribution in [1.82, 2.24) is 0 Å². The average Bonchev–Trinajstić information content (AvgIpc) is 2.69. The van der Waals surface area contributed by atoms with Crippen LogP contribution in [0.3, 0.4) is 0 Å². The van der Waals surface area contributed by atoms with Crippen LogP contribution < -0.4 is 10.2 Å². The standard InChI is InChI=1S/C16H22N2/c1-11-7-8-13(10-16(11)18(2)3)17-15-9-12-5-4-6-14(12)15/h4,6-8,10,12,14-15,17H,5,9H2,1-3H3. The average molecular weight is 242 g/mol. The summed E-state index contributed by atoms with van der Waals surface area (Å²) in [5, 5.41) is 3.69. The van der Waals surface area contributed by atoms with Gasteiger partial charge in [-0.25, -0.2) is 0 Å². The molecule has 1 N–H and O–H groups in total. The molecule has 0 heterocycles. The minimum atomic E-state index is 0.645. The third-order valence-electron chi connectivity index (χ3n) is 4.41. The SMILES string of the molecule is Cc1ccc(NC2CC3CC=CC32)cc1N(C)C. The summed E-state index contributed by atoms with van der Waals surface area (Å²) >= 11 is 0. The van der Waals surface area contributed by atoms with E-state index in [9.17, 15) is 0 Å². The van der Waals surface area contributed by atoms with Crippen molar-refractivity contribution >= 4 is 11.4 Å². The second-order valence-corrected chi connectivity index (χ2v) is 5.88. The number of rotatable bonds is 3. The summed E-state index contributed by atoms with van der Waals surface area (Å²) in [7, 11) is 4.20. The molecule has 1 fully saturated rings. The molecular weight excluding hydrogens is 220 g/mol. The van der Waals surface area contributed by atoms with Gasteiger partial charge in [-0.05, 0) is 43.4 Å². The number of anilines is 2. The first-order valence-electron chi connectivity index (χ1n) is 6.86. The summed E-state index contributed by atoms with van der Waals surface area (Å²) in [5.74, 6) is 1.69. The van der Waals surface area contributed by atoms with E-state index in [1.807, 2.05) is 0 Å². The third kappa shape index (κ3) is 1.90. The number of hydrogen-bond acceptors (Lipinski definition) is 2. The second-order valence-electron chi connectivity index (χ2n) is 5.88. The summed E-state index contributed by atoms with van der Waals surface area (Å²) in [4.78, 5) is 2.18. The first-order valence-corrected chi connectivity index (χ1v) is 6.86. The molecule has 18 heavy (non-hydrogen) atoms. The molecule has 0 radical (unpaired) electrons. The fraction of sp³-hybridized carbons (Fsp3) is 0.500. The molecule has 0 bridgehead atoms. The monoisotopic (exact) mass is 242 g/mol. The highest BCUT2D eigenvalue weighted by Gasteiger charge is 2.40. The molecule has 2 nitrogen and oxygen atoms in total. The van der Waals surface area contributed by atoms with Crippen molar-refractivity contribution < 1.29 is 0 Å². The van der Waals surface area contributed by atoms with E-state index in [0.717, 1.165) is 11.8 Å². The molecule has 1 aromatic rings. The molecule has 0 amide bonds. The van der Waals surface area contributed by atoms with Crippen molar-refractivity contribution in [2.75, 3.05) is 24.3 Å². The third-order valence-corrected chi connectivity index (χ3v) is 4.41. The molecule has 0 saturated heterocycles. The quantitative estimate of drug-likeness (QED) is 0.817. The minimum Gasteiger partial charge on any atom is -0.382 e. The van der Waals surface area contributed by atoms with E-state index in [-0.39, 0.29) is 0 Å². The lowest BCUT2D eigenvalue weighted by Gasteiger charge is -2.41. The summed E-state index contributed by atoms with van der Waals surface area (Å²) in [5.41, 5.74) is 3.89. The van der Waals surface area contributed by atoms with E-state index in [2.05, 4.69) is 61.6 Å². The number of allylic oxidation sites excluding steroid dienone is 1. The van der Waals surface area contributed by atoms with Crippen LogP contribution in [0.25, 0.3) is 0 Å². The molecule has 0 spiro atoms. The van der Waals surface area contributed by atoms with Gasteiger partial charge < -0.3 is 10.2 Å². The first-order chi connectivity index (χ1) is 8.65. The number of nitrogens with zero attached hydrogens (tertiary/aromatic N) is 1. The number of nitrogens with one attached hydrogen (secondary N) is 1. The summed E-state index contributed by atoms with van der Waals surface area (Å²) < 4.78 is 0. The van der Waals surface area contributed by atoms with Gasteiger partial charge in [-0.1, -0.05) is 18.2 Å². The Balaban J connectivity index is 1.73. The highest BCUT2D eigenvalue weighted by Crippen LogP contribution is 2.44. The van der Waals surface area contributed by atoms with Gasteiger partial charge in [0, 0.05) is 37.4 Å². The van der Waals surface area contributed by atoms with Crippen molar-refractivity contribution in [2.24, 2.45) is 11.8 Å². The fourth-order valence-electron chi connectivity index (χ4n) is 3.28. The lowest BCUT2D eigenvalue weighted by atomic mass is 9.71. The van der Waals surface area contributed by atoms with Crippen LogP contribution in [0.4, 0.5) is 11.4 Å². The predicted octanol–water partition coefficient (Wildman–Crippen LogP) is 3.44. The summed E-state index contributed by atoms with van der Waals surface area (Å²) in [6.07, 6.45) is 7.35. The Bertz CT molecular complexity index is 476. The molecule has 1 aromatic carbocycles. The van der Waals surface area contributed by atoms with Crippen LogP contribution in [-0.4, -0.2) is 20.1 Å². The summed E-state index contributed by atoms with van der Waals surface area (Å²) in [6, 6.07) is 7.32. The van der Waals surface area contributed by atoms with Crippen LogP contribution >= 0.6 is 0 Å². The molecule has 1 saturated carbocycles. The molecule has 3 unspecified atom stereocenters. The largest absolute Gasteiger partial charge is 0.382 e. The van der Waals surface area contributed by atoms with Gasteiger partial charge in [-0.15, -0.1) is 0 Å². The maximum atomic E-state index is 3.69. The Morgan fingerprint density at radius 2 is 2.11 bits per heavy atom. The normalized spacial score (nSPS) is 28.7. The van der Waals surface area contributed by atoms with Gasteiger partial charge in [0.25, 0.3) is 0 Å². The van der Waals surface area contributed by atoms with Crippen molar-refractivity contribution in [3.63, 3.8) is 0 Å². The Hall–Kier alpha value is -1.44. The van der Waals surface area contributed by atoms with E-state index >= 15 is 0 Å². The van der Waals surface area contributed by atoms with Crippen molar-refractivity contribution in [3.8, 4) is 0 Å². The maximum absolute atomic E-state index is 3.69. The first kappa shape index (κ1) is 11.6. The summed E-state index contributed by atoms with van der Waals surface area (Å²) in [6.45, 7) is 2.16. The zero-order valence-electron chi connectivity index (χ0n) is 11.5. The lowest BCUT2D eigenvalue weighted by molar-refractivity contribution is 0.218. The second kappa shape index (κ2) is 4.34. The van der Waals surface area contributed by atoms with Gasteiger partial charge in [-0.2, -0.15) is 0 Å². The van der Waals surface area contributed by atoms with Crippen LogP contribution in [0.15, 0.2) is 30.4 Å². The van der Waals surface area contributed by atoms with E-state index in [1.165, 1.54) is 29.8 Å². The van der Waals surface area contributed by atoms with Gasteiger partial charge in [0.1, 0.15) is 0 Å². The Labute approximate surface area is 110 Å². The minimum absolute atomic E-state index is 0.645. The zero-order valence-corrected chi connectivity index (χ0v) is 11.5. The van der Waals surface area contributed by atoms with Crippen molar-refractivity contribution in [2.45, 2.75) is 25.8 Å². The molecule has 0 aromatic heterocycles. The maximum Gasteiger partial charge on any atom is 0.0411 e. The van der Waals surface area contributed by atoms with Crippen LogP contribution in [0.1, 0.15) is 18.4 Å². The van der Waals surface area contributed by atoms with Gasteiger partial charge in [0.05, 0.1) is 0 Å². The topological polar surface area (TPSA) is 15.3 Å². The number of fused-ring (bicyclic) bond motifs is 1. The highest BCUT2D eigenvalue weighted by atomic mass is 15.1. The van der Waals surface area contributed by atoms with Crippen molar-refractivity contribution in [3.05, 3.63) is 35.9 Å². The molecule has 3 rings (SSSR count). The van der Waals surface area contributed by atoms with Gasteiger partial charge in [-0.3, -0.25) is 0 Å². The van der Waals surface area contributed by atoms with Crippen LogP contribution in [0, 0.1) is 18.8 Å². The smallest absolute Gasteiger partial charge is 0.0411 e. The lowest BCUT2D eigenvalue weighted by Crippen LogP contribution is -2.43. The Morgan fingerprint density at radius 1 is 1.28 bits per heavy atom.